The van der Waals surface area contributed by atoms with E-state index in [0.29, 0.717) is 18.8 Å². The van der Waals surface area contributed by atoms with E-state index in [0.717, 1.165) is 25.2 Å². The molecule has 27 heavy (non-hydrogen) atoms. The van der Waals surface area contributed by atoms with Crippen LogP contribution in [0.5, 0.6) is 0 Å². The quantitative estimate of drug-likeness (QED) is 0.847. The van der Waals surface area contributed by atoms with Crippen LogP contribution in [0.2, 0.25) is 0 Å². The molecule has 0 unspecified atom stereocenters. The van der Waals surface area contributed by atoms with Crippen molar-refractivity contribution in [1.29, 1.82) is 0 Å². The lowest BCUT2D eigenvalue weighted by molar-refractivity contribution is 0.0637. The van der Waals surface area contributed by atoms with Gasteiger partial charge in [0.05, 0.1) is 10.6 Å². The van der Waals surface area contributed by atoms with Gasteiger partial charge in [0.1, 0.15) is 5.69 Å². The maximum atomic E-state index is 12.7. The maximum Gasteiger partial charge on any atom is 0.272 e. The number of nitrogens with one attached hydrogen (secondary N) is 1. The number of anilines is 1. The summed E-state index contributed by atoms with van der Waals surface area (Å²) in [6.07, 6.45) is 1.45. The van der Waals surface area contributed by atoms with Gasteiger partial charge in [0.25, 0.3) is 15.9 Å². The van der Waals surface area contributed by atoms with E-state index >= 15 is 0 Å². The van der Waals surface area contributed by atoms with Crippen molar-refractivity contribution in [3.05, 3.63) is 53.9 Å². The van der Waals surface area contributed by atoms with Crippen LogP contribution in [0.1, 0.15) is 23.0 Å². The first-order chi connectivity index (χ1) is 12.9. The van der Waals surface area contributed by atoms with Crippen molar-refractivity contribution in [2.75, 3.05) is 37.4 Å². The van der Waals surface area contributed by atoms with Crippen LogP contribution in [0.3, 0.4) is 0 Å². The van der Waals surface area contributed by atoms with Crippen molar-refractivity contribution in [2.24, 2.45) is 0 Å². The predicted octanol–water partition coefficient (Wildman–Crippen LogP) is 1.97. The molecule has 0 saturated carbocycles. The summed E-state index contributed by atoms with van der Waals surface area (Å²) < 4.78 is 27.6. The smallest absolute Gasteiger partial charge is 0.272 e. The van der Waals surface area contributed by atoms with Gasteiger partial charge in [-0.25, -0.2) is 8.42 Å². The van der Waals surface area contributed by atoms with Crippen molar-refractivity contribution < 1.29 is 13.2 Å². The van der Waals surface area contributed by atoms with Crippen molar-refractivity contribution in [1.82, 2.24) is 14.8 Å². The van der Waals surface area contributed by atoms with Gasteiger partial charge in [-0.15, -0.1) is 0 Å². The number of sulfonamides is 1. The summed E-state index contributed by atoms with van der Waals surface area (Å²) in [7, 11) is -3.72. The second-order valence-corrected chi connectivity index (χ2v) is 8.26. The molecule has 7 nitrogen and oxygen atoms in total. The molecule has 2 heterocycles. The number of likely N-dealkylation sites (N-methyl/N-ethyl adjacent to an activating group) is 1. The van der Waals surface area contributed by atoms with Gasteiger partial charge in [-0.05, 0) is 37.7 Å². The summed E-state index contributed by atoms with van der Waals surface area (Å²) in [5, 5.41) is 0. The van der Waals surface area contributed by atoms with Crippen LogP contribution in [-0.2, 0) is 10.0 Å². The monoisotopic (exact) mass is 388 g/mol. The minimum Gasteiger partial charge on any atom is -0.335 e. The van der Waals surface area contributed by atoms with E-state index in [1.807, 2.05) is 6.92 Å². The van der Waals surface area contributed by atoms with Crippen LogP contribution in [0, 0.1) is 6.92 Å². The van der Waals surface area contributed by atoms with Crippen LogP contribution >= 0.6 is 0 Å². The molecule has 3 rings (SSSR count). The van der Waals surface area contributed by atoms with E-state index < -0.39 is 10.0 Å². The first kappa shape index (κ1) is 19.3. The first-order valence-electron chi connectivity index (χ1n) is 8.96. The molecule has 0 spiro atoms. The number of carbonyl (C=O) groups is 1. The molecule has 1 N–H and O–H groups in total. The molecular formula is C19H24N4O3S. The fourth-order valence-corrected chi connectivity index (χ4v) is 4.02. The molecule has 0 atom stereocenters. The minimum absolute atomic E-state index is 0.175. The number of hydrogen-bond donors (Lipinski definition) is 1. The zero-order valence-corrected chi connectivity index (χ0v) is 16.4. The fraction of sp³-hybridized carbons (Fsp3) is 0.368. The van der Waals surface area contributed by atoms with Gasteiger partial charge in [-0.1, -0.05) is 24.6 Å². The highest BCUT2D eigenvalue weighted by Crippen LogP contribution is 2.18. The Kier molecular flexibility index (Phi) is 5.76. The number of aromatic nitrogens is 1. The van der Waals surface area contributed by atoms with Crippen LogP contribution in [-0.4, -0.2) is 61.8 Å². The number of aryl methyl sites for hydroxylation is 1. The molecule has 0 bridgehead atoms. The predicted molar refractivity (Wildman–Crippen MR) is 104 cm³/mol. The Morgan fingerprint density at radius 2 is 1.78 bits per heavy atom. The topological polar surface area (TPSA) is 82.6 Å². The Hall–Kier alpha value is -2.45. The number of carbonyl (C=O) groups excluding carboxylic acids is 1. The highest BCUT2D eigenvalue weighted by molar-refractivity contribution is 7.92. The lowest BCUT2D eigenvalue weighted by Gasteiger charge is -2.33. The number of pyridine rings is 1. The second kappa shape index (κ2) is 8.06. The lowest BCUT2D eigenvalue weighted by atomic mass is 10.2. The molecule has 1 aromatic carbocycles. The van der Waals surface area contributed by atoms with E-state index in [9.17, 15) is 13.2 Å². The van der Waals surface area contributed by atoms with Crippen LogP contribution < -0.4 is 4.72 Å². The minimum atomic E-state index is -3.72. The molecule has 0 radical (unpaired) electrons. The molecule has 1 amide bonds. The SMILES string of the molecule is CCN1CCN(C(=O)c2cc(NS(=O)(=O)c3ccc(C)cc3)ccn2)CC1. The van der Waals surface area contributed by atoms with E-state index in [1.54, 1.807) is 29.2 Å². The Morgan fingerprint density at radius 3 is 2.41 bits per heavy atom. The summed E-state index contributed by atoms with van der Waals surface area (Å²) in [6, 6.07) is 9.62. The van der Waals surface area contributed by atoms with Gasteiger partial charge in [0.2, 0.25) is 0 Å². The average Bonchev–Trinajstić information content (AvgIpc) is 2.67. The van der Waals surface area contributed by atoms with Crippen LogP contribution in [0.4, 0.5) is 5.69 Å². The molecule has 0 aliphatic carbocycles. The van der Waals surface area contributed by atoms with Crippen LogP contribution in [0.25, 0.3) is 0 Å². The molecule has 144 valence electrons. The average molecular weight is 388 g/mol. The van der Waals surface area contributed by atoms with Gasteiger partial charge in [-0.3, -0.25) is 14.5 Å². The highest BCUT2D eigenvalue weighted by Gasteiger charge is 2.23. The normalized spacial score (nSPS) is 15.6. The van der Waals surface area contributed by atoms with Gasteiger partial charge < -0.3 is 9.80 Å². The number of rotatable bonds is 5. The molecule has 8 heteroatoms. The van der Waals surface area contributed by atoms with E-state index in [-0.39, 0.29) is 16.5 Å². The number of piperazine rings is 1. The van der Waals surface area contributed by atoms with Crippen molar-refractivity contribution >= 4 is 21.6 Å². The molecule has 1 fully saturated rings. The zero-order chi connectivity index (χ0) is 19.4. The number of hydrogen-bond acceptors (Lipinski definition) is 5. The Balaban J connectivity index is 1.73. The van der Waals surface area contributed by atoms with Gasteiger partial charge in [0.15, 0.2) is 0 Å². The van der Waals surface area contributed by atoms with Gasteiger partial charge in [0, 0.05) is 32.4 Å². The standard InChI is InChI=1S/C19H24N4O3S/c1-3-22-10-12-23(13-11-22)19(24)18-14-16(8-9-20-18)21-27(25,26)17-6-4-15(2)5-7-17/h4-9,14H,3,10-13H2,1-2H3,(H,20,21). The molecular weight excluding hydrogens is 364 g/mol. The zero-order valence-electron chi connectivity index (χ0n) is 15.6. The number of amides is 1. The summed E-state index contributed by atoms with van der Waals surface area (Å²) >= 11 is 0. The Bertz CT molecular complexity index is 905. The van der Waals surface area contributed by atoms with Crippen molar-refractivity contribution in [3.63, 3.8) is 0 Å². The third-order valence-electron chi connectivity index (χ3n) is 4.67. The first-order valence-corrected chi connectivity index (χ1v) is 10.4. The molecule has 1 saturated heterocycles. The third-order valence-corrected chi connectivity index (χ3v) is 6.07. The summed E-state index contributed by atoms with van der Waals surface area (Å²) in [4.78, 5) is 21.0. The fourth-order valence-electron chi connectivity index (χ4n) is 2.97. The lowest BCUT2D eigenvalue weighted by Crippen LogP contribution is -2.48. The van der Waals surface area contributed by atoms with E-state index in [4.69, 9.17) is 0 Å². The second-order valence-electron chi connectivity index (χ2n) is 6.57. The van der Waals surface area contributed by atoms with Crippen molar-refractivity contribution in [3.8, 4) is 0 Å². The van der Waals surface area contributed by atoms with Gasteiger partial charge in [-0.2, -0.15) is 0 Å². The summed E-state index contributed by atoms with van der Waals surface area (Å²) in [5.41, 5.74) is 1.54. The highest BCUT2D eigenvalue weighted by atomic mass is 32.2. The van der Waals surface area contributed by atoms with E-state index in [1.165, 1.54) is 18.3 Å². The molecule has 1 aliphatic heterocycles. The van der Waals surface area contributed by atoms with Crippen LogP contribution in [0.15, 0.2) is 47.5 Å². The number of nitrogens with zero attached hydrogens (tertiary/aromatic N) is 3. The van der Waals surface area contributed by atoms with Gasteiger partial charge >= 0.3 is 0 Å². The number of benzene rings is 1. The van der Waals surface area contributed by atoms with E-state index in [2.05, 4.69) is 21.5 Å². The third kappa shape index (κ3) is 4.64. The summed E-state index contributed by atoms with van der Waals surface area (Å²) in [6.45, 7) is 7.93. The molecule has 1 aliphatic rings. The summed E-state index contributed by atoms with van der Waals surface area (Å²) in [5.74, 6) is -0.179. The molecule has 1 aromatic heterocycles. The Morgan fingerprint density at radius 1 is 1.11 bits per heavy atom. The molecule has 2 aromatic rings. The Labute approximate surface area is 160 Å². The maximum absolute atomic E-state index is 12.7. The largest absolute Gasteiger partial charge is 0.335 e. The van der Waals surface area contributed by atoms with Crippen molar-refractivity contribution in [2.45, 2.75) is 18.7 Å².